The van der Waals surface area contributed by atoms with Crippen molar-refractivity contribution < 1.29 is 19.1 Å². The number of methoxy groups -OCH3 is 1. The van der Waals surface area contributed by atoms with Gasteiger partial charge in [-0.05, 0) is 45.0 Å². The van der Waals surface area contributed by atoms with Gasteiger partial charge in [0, 0.05) is 24.2 Å². The topological polar surface area (TPSA) is 114 Å². The lowest BCUT2D eigenvalue weighted by Crippen LogP contribution is -2.41. The van der Waals surface area contributed by atoms with Gasteiger partial charge in [-0.25, -0.2) is 0 Å². The molecule has 2 aromatic rings. The number of nitrogens with zero attached hydrogens (tertiary/aromatic N) is 3. The normalized spacial score (nSPS) is 16.3. The highest BCUT2D eigenvalue weighted by Crippen LogP contribution is 2.29. The van der Waals surface area contributed by atoms with Gasteiger partial charge in [0.2, 0.25) is 22.9 Å². The Bertz CT molecular complexity index is 955. The molecule has 31 heavy (non-hydrogen) atoms. The van der Waals surface area contributed by atoms with E-state index < -0.39 is 5.92 Å². The van der Waals surface area contributed by atoms with E-state index in [2.05, 4.69) is 20.8 Å². The fourth-order valence-electron chi connectivity index (χ4n) is 3.00. The van der Waals surface area contributed by atoms with Crippen molar-refractivity contribution in [2.75, 3.05) is 29.6 Å². The number of aromatic nitrogens is 2. The van der Waals surface area contributed by atoms with Crippen LogP contribution in [0, 0.1) is 5.92 Å². The quantitative estimate of drug-likeness (QED) is 0.479. The highest BCUT2D eigenvalue weighted by Gasteiger charge is 2.35. The number of ether oxygens (including phenoxy) is 1. The minimum Gasteiger partial charge on any atom is -0.497 e. The molecular weight excluding hydrogens is 438 g/mol. The van der Waals surface area contributed by atoms with E-state index >= 15 is 0 Å². The summed E-state index contributed by atoms with van der Waals surface area (Å²) in [7, 11) is 1.58. The average Bonchev–Trinajstić information content (AvgIpc) is 3.31. The van der Waals surface area contributed by atoms with Gasteiger partial charge in [-0.3, -0.25) is 14.4 Å². The molecule has 2 heterocycles. The van der Waals surface area contributed by atoms with Crippen LogP contribution in [0.25, 0.3) is 0 Å². The van der Waals surface area contributed by atoms with E-state index in [0.717, 1.165) is 5.69 Å². The number of rotatable bonds is 7. The van der Waals surface area contributed by atoms with E-state index in [-0.39, 0.29) is 35.4 Å². The number of thioether (sulfide) groups is 1. The first-order valence-corrected chi connectivity index (χ1v) is 11.5. The number of nitrogens with one attached hydrogen (secondary N) is 2. The summed E-state index contributed by atoms with van der Waals surface area (Å²) in [5.41, 5.74) is 0.431. The zero-order chi connectivity index (χ0) is 22.6. The van der Waals surface area contributed by atoms with Gasteiger partial charge in [-0.1, -0.05) is 23.1 Å². The Morgan fingerprint density at radius 3 is 2.61 bits per heavy atom. The van der Waals surface area contributed by atoms with Gasteiger partial charge in [0.05, 0.1) is 18.8 Å². The van der Waals surface area contributed by atoms with Crippen LogP contribution in [0.5, 0.6) is 5.75 Å². The lowest BCUT2D eigenvalue weighted by molar-refractivity contribution is -0.122. The molecule has 0 aliphatic carbocycles. The number of anilines is 2. The molecule has 1 fully saturated rings. The Labute approximate surface area is 188 Å². The lowest BCUT2D eigenvalue weighted by atomic mass is 10.1. The molecule has 166 valence electrons. The summed E-state index contributed by atoms with van der Waals surface area (Å²) in [5.74, 6) is -0.0429. The highest BCUT2D eigenvalue weighted by atomic mass is 32.2. The molecular formula is C20H25N5O4S2. The van der Waals surface area contributed by atoms with Crippen LogP contribution in [-0.2, 0) is 14.4 Å². The van der Waals surface area contributed by atoms with Crippen molar-refractivity contribution in [1.29, 1.82) is 0 Å². The highest BCUT2D eigenvalue weighted by molar-refractivity contribution is 8.01. The molecule has 9 nitrogen and oxygen atoms in total. The molecule has 11 heteroatoms. The van der Waals surface area contributed by atoms with E-state index in [1.807, 2.05) is 20.8 Å². The van der Waals surface area contributed by atoms with Gasteiger partial charge < -0.3 is 20.3 Å². The second kappa shape index (κ2) is 9.65. The van der Waals surface area contributed by atoms with Crippen molar-refractivity contribution in [3.63, 3.8) is 0 Å². The predicted molar refractivity (Wildman–Crippen MR) is 121 cm³/mol. The zero-order valence-corrected chi connectivity index (χ0v) is 19.4. The largest absolute Gasteiger partial charge is 0.497 e. The van der Waals surface area contributed by atoms with Gasteiger partial charge in [0.1, 0.15) is 5.75 Å². The summed E-state index contributed by atoms with van der Waals surface area (Å²) in [6, 6.07) is 7.14. The summed E-state index contributed by atoms with van der Waals surface area (Å²) >= 11 is 2.46. The lowest BCUT2D eigenvalue weighted by Gasteiger charge is -2.19. The molecule has 0 saturated carbocycles. The van der Waals surface area contributed by atoms with Crippen LogP contribution >= 0.6 is 23.1 Å². The van der Waals surface area contributed by atoms with Crippen molar-refractivity contribution in [3.05, 3.63) is 24.3 Å². The van der Waals surface area contributed by atoms with Crippen LogP contribution in [0.2, 0.25) is 0 Å². The third-order valence-corrected chi connectivity index (χ3v) is 6.33. The molecule has 1 atom stereocenters. The van der Waals surface area contributed by atoms with Crippen molar-refractivity contribution in [2.45, 2.75) is 37.1 Å². The fourth-order valence-corrected chi connectivity index (χ4v) is 4.56. The third kappa shape index (κ3) is 6.41. The summed E-state index contributed by atoms with van der Waals surface area (Å²) in [6.07, 6.45) is 0.130. The van der Waals surface area contributed by atoms with Crippen molar-refractivity contribution in [1.82, 2.24) is 15.5 Å². The summed E-state index contributed by atoms with van der Waals surface area (Å²) in [6.45, 7) is 6.04. The first kappa shape index (κ1) is 23.0. The van der Waals surface area contributed by atoms with Gasteiger partial charge in [0.25, 0.3) is 0 Å². The molecule has 0 radical (unpaired) electrons. The first-order chi connectivity index (χ1) is 14.6. The Morgan fingerprint density at radius 2 is 1.97 bits per heavy atom. The molecule has 2 N–H and O–H groups in total. The molecule has 1 aliphatic rings. The van der Waals surface area contributed by atoms with Crippen molar-refractivity contribution in [2.24, 2.45) is 5.92 Å². The van der Waals surface area contributed by atoms with Crippen molar-refractivity contribution >= 4 is 51.6 Å². The van der Waals surface area contributed by atoms with E-state index in [4.69, 9.17) is 4.74 Å². The smallest absolute Gasteiger partial charge is 0.231 e. The number of amides is 3. The Morgan fingerprint density at radius 1 is 1.26 bits per heavy atom. The fraction of sp³-hybridized carbons (Fsp3) is 0.450. The van der Waals surface area contributed by atoms with Gasteiger partial charge in [0.15, 0.2) is 4.34 Å². The molecule has 3 rings (SSSR count). The monoisotopic (exact) mass is 463 g/mol. The van der Waals surface area contributed by atoms with Gasteiger partial charge in [-0.2, -0.15) is 0 Å². The minimum absolute atomic E-state index is 0.0959. The molecule has 0 unspecified atom stereocenters. The molecule has 0 bridgehead atoms. The second-order valence-corrected chi connectivity index (χ2v) is 10.3. The Kier molecular flexibility index (Phi) is 7.16. The van der Waals surface area contributed by atoms with Crippen LogP contribution in [0.15, 0.2) is 28.6 Å². The van der Waals surface area contributed by atoms with E-state index in [0.29, 0.717) is 21.8 Å². The zero-order valence-electron chi connectivity index (χ0n) is 17.8. The molecule has 1 saturated heterocycles. The number of hydrogen-bond donors (Lipinski definition) is 2. The third-order valence-electron chi connectivity index (χ3n) is 4.36. The van der Waals surface area contributed by atoms with E-state index in [9.17, 15) is 14.4 Å². The SMILES string of the molecule is COc1ccc(N2C[C@@H](C(=O)Nc3nnc(SCC(=O)NC(C)(C)C)s3)CC2=O)cc1. The minimum atomic E-state index is -0.479. The van der Waals surface area contributed by atoms with Crippen LogP contribution in [0.4, 0.5) is 10.8 Å². The summed E-state index contributed by atoms with van der Waals surface area (Å²) in [4.78, 5) is 38.5. The van der Waals surface area contributed by atoms with E-state index in [1.165, 1.54) is 23.1 Å². The number of hydrogen-bond acceptors (Lipinski definition) is 8. The first-order valence-electron chi connectivity index (χ1n) is 9.67. The average molecular weight is 464 g/mol. The molecule has 3 amide bonds. The van der Waals surface area contributed by atoms with Crippen LogP contribution < -0.4 is 20.3 Å². The van der Waals surface area contributed by atoms with Gasteiger partial charge in [-0.15, -0.1) is 10.2 Å². The van der Waals surface area contributed by atoms with E-state index in [1.54, 1.807) is 36.3 Å². The molecule has 0 spiro atoms. The standard InChI is InChI=1S/C20H25N5O4S2/c1-20(2,3)22-15(26)11-30-19-24-23-18(31-19)21-17(28)12-9-16(27)25(10-12)13-5-7-14(29-4)8-6-13/h5-8,12H,9-11H2,1-4H3,(H,22,26)(H,21,23,28)/t12-/m0/s1. The second-order valence-electron chi connectivity index (χ2n) is 8.05. The molecule has 1 aliphatic heterocycles. The number of carbonyl (C=O) groups is 3. The Balaban J connectivity index is 1.52. The number of benzene rings is 1. The maximum atomic E-state index is 12.6. The van der Waals surface area contributed by atoms with Crippen molar-refractivity contribution in [3.8, 4) is 5.75 Å². The Hall–Kier alpha value is -2.66. The van der Waals surface area contributed by atoms with Crippen LogP contribution in [0.3, 0.4) is 0 Å². The maximum Gasteiger partial charge on any atom is 0.231 e. The summed E-state index contributed by atoms with van der Waals surface area (Å²) in [5, 5.41) is 13.9. The van der Waals surface area contributed by atoms with Gasteiger partial charge >= 0.3 is 0 Å². The van der Waals surface area contributed by atoms with Crippen LogP contribution in [-0.4, -0.2) is 52.9 Å². The van der Waals surface area contributed by atoms with Crippen LogP contribution in [0.1, 0.15) is 27.2 Å². The summed E-state index contributed by atoms with van der Waals surface area (Å²) < 4.78 is 5.72. The maximum absolute atomic E-state index is 12.6. The molecule has 1 aromatic heterocycles. The molecule has 1 aromatic carbocycles. The predicted octanol–water partition coefficient (Wildman–Crippen LogP) is 2.55. The number of carbonyl (C=O) groups excluding carboxylic acids is 3.